The fourth-order valence-corrected chi connectivity index (χ4v) is 2.62. The van der Waals surface area contributed by atoms with Crippen LogP contribution in [0.4, 0.5) is 5.69 Å². The highest BCUT2D eigenvalue weighted by Crippen LogP contribution is 2.14. The number of nitrogens with one attached hydrogen (secondary N) is 2. The number of anilines is 1. The molecule has 1 unspecified atom stereocenters. The number of hydrogen-bond acceptors (Lipinski definition) is 4. The van der Waals surface area contributed by atoms with Gasteiger partial charge >= 0.3 is 0 Å². The molecule has 3 rings (SSSR count). The molecule has 2 heterocycles. The van der Waals surface area contributed by atoms with Crippen molar-refractivity contribution in [2.75, 3.05) is 11.9 Å². The van der Waals surface area contributed by atoms with Crippen LogP contribution in [0.25, 0.3) is 0 Å². The van der Waals surface area contributed by atoms with Gasteiger partial charge in [0, 0.05) is 18.2 Å². The Morgan fingerprint density at radius 1 is 1.48 bits per heavy atom. The molecule has 1 aromatic carbocycles. The van der Waals surface area contributed by atoms with Gasteiger partial charge in [-0.15, -0.1) is 0 Å². The lowest BCUT2D eigenvalue weighted by molar-refractivity contribution is -0.116. The first-order valence-electron chi connectivity index (χ1n) is 7.24. The van der Waals surface area contributed by atoms with Crippen molar-refractivity contribution in [3.05, 3.63) is 42.5 Å². The number of nitrogens with zero attached hydrogens (tertiary/aromatic N) is 3. The fraction of sp³-hybridized carbons (Fsp3) is 0.400. The van der Waals surface area contributed by atoms with Crippen LogP contribution in [0, 0.1) is 0 Å². The number of carbonyl (C=O) groups is 1. The van der Waals surface area contributed by atoms with Crippen molar-refractivity contribution in [1.82, 2.24) is 20.1 Å². The quantitative estimate of drug-likeness (QED) is 0.871. The first-order valence-corrected chi connectivity index (χ1v) is 7.24. The molecule has 6 heteroatoms. The summed E-state index contributed by atoms with van der Waals surface area (Å²) in [4.78, 5) is 15.9. The van der Waals surface area contributed by atoms with Crippen LogP contribution in [0.5, 0.6) is 0 Å². The average molecular weight is 285 g/mol. The molecule has 21 heavy (non-hydrogen) atoms. The Kier molecular flexibility index (Phi) is 4.25. The SMILES string of the molecule is O=C(CC1CCCN1)Nc1cccc(Cn2cncn2)c1. The second-order valence-electron chi connectivity index (χ2n) is 5.34. The predicted octanol–water partition coefficient (Wildman–Crippen LogP) is 1.41. The molecule has 0 spiro atoms. The van der Waals surface area contributed by atoms with E-state index in [1.54, 1.807) is 11.0 Å². The summed E-state index contributed by atoms with van der Waals surface area (Å²) < 4.78 is 1.75. The summed E-state index contributed by atoms with van der Waals surface area (Å²) in [6.07, 6.45) is 5.97. The lowest BCUT2D eigenvalue weighted by Gasteiger charge is -2.11. The molecule has 1 fully saturated rings. The number of carbonyl (C=O) groups excluding carboxylic acids is 1. The second-order valence-corrected chi connectivity index (χ2v) is 5.34. The maximum Gasteiger partial charge on any atom is 0.225 e. The number of benzene rings is 1. The van der Waals surface area contributed by atoms with Crippen molar-refractivity contribution in [2.24, 2.45) is 0 Å². The summed E-state index contributed by atoms with van der Waals surface area (Å²) >= 11 is 0. The van der Waals surface area contributed by atoms with Gasteiger partial charge in [-0.1, -0.05) is 12.1 Å². The van der Waals surface area contributed by atoms with E-state index in [-0.39, 0.29) is 5.91 Å². The van der Waals surface area contributed by atoms with Gasteiger partial charge in [-0.05, 0) is 37.1 Å². The van der Waals surface area contributed by atoms with Crippen LogP contribution in [-0.2, 0) is 11.3 Å². The molecule has 1 aliphatic heterocycles. The van der Waals surface area contributed by atoms with Crippen molar-refractivity contribution in [2.45, 2.75) is 31.8 Å². The highest BCUT2D eigenvalue weighted by Gasteiger charge is 2.17. The standard InChI is InChI=1S/C15H19N5O/c21-15(8-13-5-2-6-17-13)19-14-4-1-3-12(7-14)9-20-11-16-10-18-20/h1,3-4,7,10-11,13,17H,2,5-6,8-9H2,(H,19,21). The molecule has 110 valence electrons. The molecular weight excluding hydrogens is 266 g/mol. The van der Waals surface area contributed by atoms with E-state index < -0.39 is 0 Å². The van der Waals surface area contributed by atoms with Crippen LogP contribution in [0.1, 0.15) is 24.8 Å². The number of hydrogen-bond donors (Lipinski definition) is 2. The monoisotopic (exact) mass is 285 g/mol. The van der Waals surface area contributed by atoms with E-state index in [1.165, 1.54) is 6.33 Å². The molecule has 1 aromatic heterocycles. The van der Waals surface area contributed by atoms with Gasteiger partial charge in [0.2, 0.25) is 5.91 Å². The van der Waals surface area contributed by atoms with E-state index in [0.717, 1.165) is 30.6 Å². The molecule has 1 amide bonds. The third-order valence-corrected chi connectivity index (χ3v) is 3.62. The minimum Gasteiger partial charge on any atom is -0.326 e. The van der Waals surface area contributed by atoms with Crippen LogP contribution in [0.2, 0.25) is 0 Å². The van der Waals surface area contributed by atoms with E-state index in [2.05, 4.69) is 20.7 Å². The number of amides is 1. The van der Waals surface area contributed by atoms with Crippen molar-refractivity contribution < 1.29 is 4.79 Å². The third-order valence-electron chi connectivity index (χ3n) is 3.62. The predicted molar refractivity (Wildman–Crippen MR) is 79.8 cm³/mol. The van der Waals surface area contributed by atoms with E-state index in [1.807, 2.05) is 24.3 Å². The summed E-state index contributed by atoms with van der Waals surface area (Å²) in [6.45, 7) is 1.67. The Hall–Kier alpha value is -2.21. The Morgan fingerprint density at radius 2 is 2.43 bits per heavy atom. The molecule has 2 N–H and O–H groups in total. The van der Waals surface area contributed by atoms with Crippen LogP contribution in [0.15, 0.2) is 36.9 Å². The van der Waals surface area contributed by atoms with Gasteiger partial charge in [0.1, 0.15) is 12.7 Å². The van der Waals surface area contributed by atoms with Crippen LogP contribution in [0.3, 0.4) is 0 Å². The molecular formula is C15H19N5O. The number of rotatable bonds is 5. The van der Waals surface area contributed by atoms with Crippen molar-refractivity contribution in [3.8, 4) is 0 Å². The largest absolute Gasteiger partial charge is 0.326 e. The highest BCUT2D eigenvalue weighted by molar-refractivity contribution is 5.91. The van der Waals surface area contributed by atoms with Crippen molar-refractivity contribution in [3.63, 3.8) is 0 Å². The zero-order valence-electron chi connectivity index (χ0n) is 11.8. The lowest BCUT2D eigenvalue weighted by Crippen LogP contribution is -2.27. The summed E-state index contributed by atoms with van der Waals surface area (Å²) in [7, 11) is 0. The fourth-order valence-electron chi connectivity index (χ4n) is 2.62. The first-order chi connectivity index (χ1) is 10.3. The van der Waals surface area contributed by atoms with Crippen LogP contribution >= 0.6 is 0 Å². The van der Waals surface area contributed by atoms with Gasteiger partial charge in [0.15, 0.2) is 0 Å². The van der Waals surface area contributed by atoms with Crippen LogP contribution < -0.4 is 10.6 Å². The van der Waals surface area contributed by atoms with Crippen LogP contribution in [-0.4, -0.2) is 33.3 Å². The highest BCUT2D eigenvalue weighted by atomic mass is 16.1. The van der Waals surface area contributed by atoms with Crippen molar-refractivity contribution >= 4 is 11.6 Å². The molecule has 0 aliphatic carbocycles. The summed E-state index contributed by atoms with van der Waals surface area (Å²) in [5, 5.41) is 10.4. The summed E-state index contributed by atoms with van der Waals surface area (Å²) in [5.41, 5.74) is 1.91. The summed E-state index contributed by atoms with van der Waals surface area (Å²) in [5.74, 6) is 0.0623. The van der Waals surface area contributed by atoms with Gasteiger partial charge in [0.25, 0.3) is 0 Å². The maximum atomic E-state index is 12.0. The van der Waals surface area contributed by atoms with Crippen molar-refractivity contribution in [1.29, 1.82) is 0 Å². The molecule has 6 nitrogen and oxygen atoms in total. The first kappa shape index (κ1) is 13.8. The summed E-state index contributed by atoms with van der Waals surface area (Å²) in [6, 6.07) is 8.15. The molecule has 2 aromatic rings. The molecule has 0 saturated carbocycles. The zero-order valence-corrected chi connectivity index (χ0v) is 11.8. The molecule has 1 aliphatic rings. The van der Waals surface area contributed by atoms with E-state index in [4.69, 9.17) is 0 Å². The lowest BCUT2D eigenvalue weighted by atomic mass is 10.1. The van der Waals surface area contributed by atoms with Gasteiger partial charge in [-0.2, -0.15) is 5.10 Å². The maximum absolute atomic E-state index is 12.0. The average Bonchev–Trinajstić information content (AvgIpc) is 3.12. The Labute approximate surface area is 123 Å². The zero-order chi connectivity index (χ0) is 14.5. The Bertz CT molecular complexity index is 590. The normalized spacial score (nSPS) is 17.8. The minimum absolute atomic E-state index is 0.0623. The molecule has 1 atom stereocenters. The minimum atomic E-state index is 0.0623. The number of aromatic nitrogens is 3. The Balaban J connectivity index is 1.58. The smallest absolute Gasteiger partial charge is 0.225 e. The third kappa shape index (κ3) is 3.88. The van der Waals surface area contributed by atoms with E-state index in [0.29, 0.717) is 19.0 Å². The van der Waals surface area contributed by atoms with E-state index in [9.17, 15) is 4.79 Å². The van der Waals surface area contributed by atoms with Gasteiger partial charge in [-0.3, -0.25) is 4.79 Å². The van der Waals surface area contributed by atoms with Gasteiger partial charge < -0.3 is 10.6 Å². The molecule has 0 radical (unpaired) electrons. The second kappa shape index (κ2) is 6.49. The molecule has 0 bridgehead atoms. The topological polar surface area (TPSA) is 71.8 Å². The van der Waals surface area contributed by atoms with E-state index >= 15 is 0 Å². The van der Waals surface area contributed by atoms with Gasteiger partial charge in [-0.25, -0.2) is 9.67 Å². The van der Waals surface area contributed by atoms with Gasteiger partial charge in [0.05, 0.1) is 6.54 Å². The molecule has 1 saturated heterocycles. The Morgan fingerprint density at radius 3 is 3.19 bits per heavy atom.